The molecule has 0 radical (unpaired) electrons. The van der Waals surface area contributed by atoms with Crippen LogP contribution in [0.25, 0.3) is 0 Å². The molecule has 1 aromatic carbocycles. The summed E-state index contributed by atoms with van der Waals surface area (Å²) in [4.78, 5) is 12.7. The molecule has 0 spiro atoms. The molecular formula is C15H16FN3O3S. The van der Waals surface area contributed by atoms with Gasteiger partial charge in [-0.25, -0.2) is 17.5 Å². The molecule has 0 aliphatic carbocycles. The van der Waals surface area contributed by atoms with Gasteiger partial charge in [-0.05, 0) is 37.1 Å². The van der Waals surface area contributed by atoms with Crippen LogP contribution in [0.4, 0.5) is 10.1 Å². The molecule has 0 atom stereocenters. The highest BCUT2D eigenvalue weighted by Gasteiger charge is 2.30. The van der Waals surface area contributed by atoms with E-state index in [9.17, 15) is 17.6 Å². The smallest absolute Gasteiger partial charge is 0.272 e. The summed E-state index contributed by atoms with van der Waals surface area (Å²) in [7, 11) is -1.94. The molecule has 1 aromatic heterocycles. The minimum absolute atomic E-state index is 0.131. The minimum Gasteiger partial charge on any atom is -0.345 e. The van der Waals surface area contributed by atoms with E-state index in [0.717, 1.165) is 0 Å². The zero-order valence-electron chi connectivity index (χ0n) is 12.7. The number of carbonyl (C=O) groups is 1. The lowest BCUT2D eigenvalue weighted by molar-refractivity contribution is 0.101. The number of hydrogen-bond acceptors (Lipinski definition) is 3. The summed E-state index contributed by atoms with van der Waals surface area (Å²) in [5.74, 6) is -0.770. The Kier molecular flexibility index (Phi) is 3.73. The molecule has 0 saturated heterocycles. The van der Waals surface area contributed by atoms with E-state index in [1.165, 1.54) is 29.0 Å². The Morgan fingerprint density at radius 3 is 2.83 bits per heavy atom. The maximum absolute atomic E-state index is 13.3. The largest absolute Gasteiger partial charge is 0.345 e. The molecular weight excluding hydrogens is 321 g/mol. The van der Waals surface area contributed by atoms with Gasteiger partial charge in [0.25, 0.3) is 5.91 Å². The van der Waals surface area contributed by atoms with Crippen molar-refractivity contribution in [3.8, 4) is 0 Å². The zero-order valence-corrected chi connectivity index (χ0v) is 13.5. The fraction of sp³-hybridized carbons (Fsp3) is 0.267. The second-order valence-corrected chi connectivity index (χ2v) is 7.23. The van der Waals surface area contributed by atoms with Gasteiger partial charge in [-0.3, -0.25) is 4.79 Å². The third-order valence-corrected chi connectivity index (χ3v) is 5.35. The van der Waals surface area contributed by atoms with Crippen LogP contribution in [-0.4, -0.2) is 25.4 Å². The molecule has 3 rings (SSSR count). The number of nitrogens with one attached hydrogen (secondary N) is 2. The summed E-state index contributed by atoms with van der Waals surface area (Å²) in [6, 6.07) is 4.27. The SMILES string of the molecule is Cc1cc(NC(=O)c2c3c(cn2C)S(=O)(=O)NCC3)ccc1F. The number of carbonyl (C=O) groups excluding carboxylic acids is 1. The van der Waals surface area contributed by atoms with Gasteiger partial charge in [0.15, 0.2) is 0 Å². The Morgan fingerprint density at radius 2 is 2.13 bits per heavy atom. The molecule has 2 aromatic rings. The van der Waals surface area contributed by atoms with Crippen molar-refractivity contribution in [2.45, 2.75) is 18.2 Å². The van der Waals surface area contributed by atoms with Gasteiger partial charge in [0.1, 0.15) is 16.4 Å². The van der Waals surface area contributed by atoms with Gasteiger partial charge in [0, 0.05) is 31.0 Å². The number of benzene rings is 1. The number of aryl methyl sites for hydroxylation is 2. The number of anilines is 1. The summed E-state index contributed by atoms with van der Waals surface area (Å²) in [6.07, 6.45) is 1.88. The van der Waals surface area contributed by atoms with E-state index >= 15 is 0 Å². The molecule has 23 heavy (non-hydrogen) atoms. The highest BCUT2D eigenvalue weighted by Crippen LogP contribution is 2.26. The average molecular weight is 337 g/mol. The topological polar surface area (TPSA) is 80.2 Å². The predicted octanol–water partition coefficient (Wildman–Crippen LogP) is 1.56. The lowest BCUT2D eigenvalue weighted by atomic mass is 10.1. The van der Waals surface area contributed by atoms with E-state index in [-0.39, 0.29) is 17.3 Å². The molecule has 1 amide bonds. The number of rotatable bonds is 2. The molecule has 0 bridgehead atoms. The molecule has 8 heteroatoms. The second-order valence-electron chi connectivity index (χ2n) is 5.50. The third-order valence-electron chi connectivity index (χ3n) is 3.83. The van der Waals surface area contributed by atoms with Crippen LogP contribution in [-0.2, 0) is 23.5 Å². The fourth-order valence-corrected chi connectivity index (χ4v) is 4.07. The number of amides is 1. The van der Waals surface area contributed by atoms with Crippen LogP contribution in [0, 0.1) is 12.7 Å². The number of aromatic nitrogens is 1. The number of nitrogens with zero attached hydrogens (tertiary/aromatic N) is 1. The zero-order chi connectivity index (χ0) is 16.8. The van der Waals surface area contributed by atoms with E-state index in [4.69, 9.17) is 0 Å². The van der Waals surface area contributed by atoms with Crippen LogP contribution in [0.2, 0.25) is 0 Å². The van der Waals surface area contributed by atoms with Crippen molar-refractivity contribution in [3.63, 3.8) is 0 Å². The molecule has 2 N–H and O–H groups in total. The first-order chi connectivity index (χ1) is 10.8. The monoisotopic (exact) mass is 337 g/mol. The van der Waals surface area contributed by atoms with Crippen molar-refractivity contribution in [2.24, 2.45) is 7.05 Å². The Bertz CT molecular complexity index is 903. The van der Waals surface area contributed by atoms with Crippen LogP contribution in [0.5, 0.6) is 0 Å². The molecule has 2 heterocycles. The third kappa shape index (κ3) is 2.75. The summed E-state index contributed by atoms with van der Waals surface area (Å²) < 4.78 is 41.2. The van der Waals surface area contributed by atoms with Crippen LogP contribution in [0.1, 0.15) is 21.6 Å². The fourth-order valence-electron chi connectivity index (χ4n) is 2.72. The molecule has 0 unspecified atom stereocenters. The summed E-state index contributed by atoms with van der Waals surface area (Å²) >= 11 is 0. The van der Waals surface area contributed by atoms with Gasteiger partial charge in [-0.1, -0.05) is 0 Å². The van der Waals surface area contributed by atoms with Gasteiger partial charge in [-0.15, -0.1) is 0 Å². The Morgan fingerprint density at radius 1 is 1.39 bits per heavy atom. The molecule has 6 nitrogen and oxygen atoms in total. The van der Waals surface area contributed by atoms with E-state index in [1.807, 2.05) is 0 Å². The van der Waals surface area contributed by atoms with E-state index in [2.05, 4.69) is 10.0 Å². The van der Waals surface area contributed by atoms with E-state index in [0.29, 0.717) is 28.9 Å². The minimum atomic E-state index is -3.56. The highest BCUT2D eigenvalue weighted by atomic mass is 32.2. The first-order valence-electron chi connectivity index (χ1n) is 7.05. The van der Waals surface area contributed by atoms with Crippen LogP contribution < -0.4 is 10.0 Å². The maximum Gasteiger partial charge on any atom is 0.272 e. The lowest BCUT2D eigenvalue weighted by Gasteiger charge is -2.15. The van der Waals surface area contributed by atoms with Crippen molar-refractivity contribution in [1.29, 1.82) is 0 Å². The molecule has 0 saturated carbocycles. The van der Waals surface area contributed by atoms with Crippen molar-refractivity contribution >= 4 is 21.6 Å². The number of halogens is 1. The van der Waals surface area contributed by atoms with Crippen molar-refractivity contribution in [1.82, 2.24) is 9.29 Å². The van der Waals surface area contributed by atoms with E-state index in [1.54, 1.807) is 14.0 Å². The quantitative estimate of drug-likeness (QED) is 0.873. The Hall–Kier alpha value is -2.19. The van der Waals surface area contributed by atoms with Gasteiger partial charge in [-0.2, -0.15) is 0 Å². The van der Waals surface area contributed by atoms with Crippen LogP contribution in [0.3, 0.4) is 0 Å². The number of fused-ring (bicyclic) bond motifs is 1. The lowest BCUT2D eigenvalue weighted by Crippen LogP contribution is -2.31. The normalized spacial score (nSPS) is 16.0. The van der Waals surface area contributed by atoms with Gasteiger partial charge in [0.2, 0.25) is 10.0 Å². The average Bonchev–Trinajstić information content (AvgIpc) is 2.81. The first-order valence-corrected chi connectivity index (χ1v) is 8.53. The standard InChI is InChI=1S/C15H16FN3O3S/c1-9-7-10(3-4-12(9)16)18-15(20)14-11-5-6-17-23(21,22)13(11)8-19(14)2/h3-4,7-8,17H,5-6H2,1-2H3,(H,18,20). The molecule has 1 aliphatic heterocycles. The summed E-state index contributed by atoms with van der Waals surface area (Å²) in [5, 5.41) is 2.69. The predicted molar refractivity (Wildman–Crippen MR) is 83.4 cm³/mol. The summed E-state index contributed by atoms with van der Waals surface area (Å²) in [5.41, 5.74) is 1.68. The van der Waals surface area contributed by atoms with Gasteiger partial charge < -0.3 is 9.88 Å². The number of sulfonamides is 1. The van der Waals surface area contributed by atoms with Crippen molar-refractivity contribution < 1.29 is 17.6 Å². The van der Waals surface area contributed by atoms with Gasteiger partial charge in [0.05, 0.1) is 0 Å². The van der Waals surface area contributed by atoms with E-state index < -0.39 is 15.9 Å². The molecule has 0 fully saturated rings. The number of hydrogen-bond donors (Lipinski definition) is 2. The molecule has 1 aliphatic rings. The Balaban J connectivity index is 1.97. The van der Waals surface area contributed by atoms with Crippen LogP contribution in [0.15, 0.2) is 29.3 Å². The maximum atomic E-state index is 13.3. The summed E-state index contributed by atoms with van der Waals surface area (Å²) in [6.45, 7) is 1.86. The highest BCUT2D eigenvalue weighted by molar-refractivity contribution is 7.89. The van der Waals surface area contributed by atoms with Gasteiger partial charge >= 0.3 is 0 Å². The Labute approximate surface area is 133 Å². The van der Waals surface area contributed by atoms with Crippen molar-refractivity contribution in [3.05, 3.63) is 47.0 Å². The van der Waals surface area contributed by atoms with Crippen molar-refractivity contribution in [2.75, 3.05) is 11.9 Å². The van der Waals surface area contributed by atoms with Crippen LogP contribution >= 0.6 is 0 Å². The second kappa shape index (κ2) is 5.47. The molecule has 122 valence electrons. The first kappa shape index (κ1) is 15.7.